The van der Waals surface area contributed by atoms with Crippen molar-refractivity contribution in [3.05, 3.63) is 0 Å². The first-order chi connectivity index (χ1) is 5.50. The Kier molecular flexibility index (Phi) is 6.00. The zero-order valence-corrected chi connectivity index (χ0v) is 10.0. The van der Waals surface area contributed by atoms with E-state index in [-0.39, 0.29) is 0 Å². The third-order valence-electron chi connectivity index (χ3n) is 1.59. The Morgan fingerprint density at radius 2 is 1.38 bits per heavy atom. The van der Waals surface area contributed by atoms with Crippen LogP contribution in [0.2, 0.25) is 0 Å². The molecule has 1 N–H and O–H groups in total. The molecule has 3 nitrogen and oxygen atoms in total. The largest absolute Gasteiger partial charge is 0.481 e. The molecule has 0 aromatic rings. The molecule has 0 aliphatic heterocycles. The summed E-state index contributed by atoms with van der Waals surface area (Å²) >= 11 is 0. The summed E-state index contributed by atoms with van der Waals surface area (Å²) < 4.78 is 1.07. The van der Waals surface area contributed by atoms with Crippen LogP contribution >= 0.6 is 0 Å². The van der Waals surface area contributed by atoms with Gasteiger partial charge in [-0.3, -0.25) is 4.79 Å². The highest BCUT2D eigenvalue weighted by atomic mass is 16.4. The summed E-state index contributed by atoms with van der Waals surface area (Å²) in [6.07, 6.45) is 0. The molecule has 0 saturated carbocycles. The predicted octanol–water partition coefficient (Wildman–Crippen LogP) is 1.83. The van der Waals surface area contributed by atoms with E-state index in [2.05, 4.69) is 28.1 Å². The quantitative estimate of drug-likeness (QED) is 0.640. The molecule has 3 heteroatoms. The minimum absolute atomic E-state index is 0.583. The van der Waals surface area contributed by atoms with Gasteiger partial charge in [-0.15, -0.1) is 0 Å². The Morgan fingerprint density at radius 3 is 1.38 bits per heavy atom. The van der Waals surface area contributed by atoms with Gasteiger partial charge in [0.25, 0.3) is 0 Å². The number of quaternary nitrogens is 1. The van der Waals surface area contributed by atoms with E-state index < -0.39 is 11.4 Å². The van der Waals surface area contributed by atoms with Gasteiger partial charge in [-0.1, -0.05) is 0 Å². The van der Waals surface area contributed by atoms with Crippen LogP contribution in [0.5, 0.6) is 0 Å². The van der Waals surface area contributed by atoms with E-state index in [1.807, 2.05) is 0 Å². The normalized spacial score (nSPS) is 11.6. The number of hydrogen-bond acceptors (Lipinski definition) is 1. The van der Waals surface area contributed by atoms with E-state index in [4.69, 9.17) is 5.11 Å². The van der Waals surface area contributed by atoms with Gasteiger partial charge in [0.15, 0.2) is 0 Å². The van der Waals surface area contributed by atoms with Gasteiger partial charge in [-0.05, 0) is 27.7 Å². The van der Waals surface area contributed by atoms with Crippen molar-refractivity contribution in [2.45, 2.75) is 27.7 Å². The molecule has 0 heterocycles. The van der Waals surface area contributed by atoms with Crippen molar-refractivity contribution in [3.63, 3.8) is 0 Å². The van der Waals surface area contributed by atoms with Crippen molar-refractivity contribution in [2.24, 2.45) is 5.41 Å². The molecule has 0 unspecified atom stereocenters. The van der Waals surface area contributed by atoms with E-state index in [1.165, 1.54) is 6.54 Å². The summed E-state index contributed by atoms with van der Waals surface area (Å²) in [4.78, 5) is 10.0. The summed E-state index contributed by atoms with van der Waals surface area (Å²) in [7, 11) is 6.54. The Bertz CT molecular complexity index is 151. The number of rotatable bonds is 1. The lowest BCUT2D eigenvalue weighted by Gasteiger charge is -2.20. The topological polar surface area (TPSA) is 37.3 Å². The fraction of sp³-hybridized carbons (Fsp3) is 0.900. The summed E-state index contributed by atoms with van der Waals surface area (Å²) in [6, 6.07) is 0. The van der Waals surface area contributed by atoms with E-state index in [0.29, 0.717) is 0 Å². The smallest absolute Gasteiger partial charge is 0.308 e. The van der Waals surface area contributed by atoms with Crippen LogP contribution in [0.3, 0.4) is 0 Å². The van der Waals surface area contributed by atoms with E-state index in [0.717, 1.165) is 4.48 Å². The van der Waals surface area contributed by atoms with Gasteiger partial charge in [0.05, 0.1) is 33.1 Å². The number of carboxylic acid groups (broad SMARTS) is 1. The number of carbonyl (C=O) groups is 1. The molecule has 0 atom stereocenters. The highest BCUT2D eigenvalue weighted by molar-refractivity contribution is 5.72. The molecular weight excluding hydrogens is 166 g/mol. The van der Waals surface area contributed by atoms with Crippen molar-refractivity contribution >= 4 is 5.97 Å². The Hall–Kier alpha value is -0.570. The monoisotopic (exact) mass is 190 g/mol. The lowest BCUT2D eigenvalue weighted by atomic mass is 9.98. The summed E-state index contributed by atoms with van der Waals surface area (Å²) in [5, 5.41) is 8.25. The van der Waals surface area contributed by atoms with Crippen LogP contribution in [0.4, 0.5) is 0 Å². The molecule has 0 aromatic carbocycles. The van der Waals surface area contributed by atoms with Crippen LogP contribution in [-0.2, 0) is 4.79 Å². The lowest BCUT2D eigenvalue weighted by molar-refractivity contribution is -0.868. The van der Waals surface area contributed by atoms with Gasteiger partial charge in [0.1, 0.15) is 0 Å². The van der Waals surface area contributed by atoms with Crippen molar-refractivity contribution in [1.82, 2.24) is 0 Å². The highest BCUT2D eigenvalue weighted by Crippen LogP contribution is 2.11. The van der Waals surface area contributed by atoms with Crippen molar-refractivity contribution in [2.75, 3.05) is 27.7 Å². The summed E-state index contributed by atoms with van der Waals surface area (Å²) in [5.41, 5.74) is -0.583. The predicted molar refractivity (Wildman–Crippen MR) is 55.7 cm³/mol. The van der Waals surface area contributed by atoms with Gasteiger partial charge in [0, 0.05) is 0 Å². The van der Waals surface area contributed by atoms with E-state index in [9.17, 15) is 4.79 Å². The minimum atomic E-state index is -0.757. The van der Waals surface area contributed by atoms with Crippen molar-refractivity contribution in [1.29, 1.82) is 0 Å². The average Bonchev–Trinajstić information content (AvgIpc) is 1.85. The third-order valence-corrected chi connectivity index (χ3v) is 1.59. The van der Waals surface area contributed by atoms with E-state index >= 15 is 0 Å². The second-order valence-electron chi connectivity index (χ2n) is 5.16. The molecule has 0 saturated heterocycles. The van der Waals surface area contributed by atoms with Gasteiger partial charge in [-0.25, -0.2) is 0 Å². The molecule has 0 radical (unpaired) electrons. The molecule has 13 heavy (non-hydrogen) atoms. The molecule has 0 spiro atoms. The fourth-order valence-corrected chi connectivity index (χ4v) is 0. The molecular formula is C10H24NO2+. The highest BCUT2D eigenvalue weighted by Gasteiger charge is 2.18. The zero-order valence-electron chi connectivity index (χ0n) is 10.0. The molecule has 0 aliphatic rings. The van der Waals surface area contributed by atoms with Crippen molar-refractivity contribution < 1.29 is 14.4 Å². The first-order valence-corrected chi connectivity index (χ1v) is 4.54. The Morgan fingerprint density at radius 1 is 1.23 bits per heavy atom. The van der Waals surface area contributed by atoms with Gasteiger partial charge in [-0.2, -0.15) is 0 Å². The summed E-state index contributed by atoms with van der Waals surface area (Å²) in [6.45, 7) is 8.38. The number of carboxylic acids is 1. The summed E-state index contributed by atoms with van der Waals surface area (Å²) in [5.74, 6) is -0.757. The standard InChI is InChI=1S/C5H14N.C5H10O2/c1-5-6(2,3)4;1-5(2,3)4(6)7/h5H2,1-4H3;1-3H3,(H,6,7)/q+1;. The maximum Gasteiger partial charge on any atom is 0.308 e. The van der Waals surface area contributed by atoms with E-state index in [1.54, 1.807) is 20.8 Å². The minimum Gasteiger partial charge on any atom is -0.481 e. The van der Waals surface area contributed by atoms with Crippen LogP contribution in [0.1, 0.15) is 27.7 Å². The Labute approximate surface area is 82.0 Å². The molecule has 0 amide bonds. The Balaban J connectivity index is 0. The maximum absolute atomic E-state index is 10.0. The van der Waals surface area contributed by atoms with Crippen LogP contribution in [0.15, 0.2) is 0 Å². The first kappa shape index (κ1) is 14.9. The molecule has 0 rings (SSSR count). The fourth-order valence-electron chi connectivity index (χ4n) is 0. The number of nitrogens with zero attached hydrogens (tertiary/aromatic N) is 1. The molecule has 0 bridgehead atoms. The molecule has 0 aromatic heterocycles. The van der Waals surface area contributed by atoms with Crippen molar-refractivity contribution in [3.8, 4) is 0 Å². The molecule has 80 valence electrons. The second kappa shape index (κ2) is 5.22. The number of hydrogen-bond donors (Lipinski definition) is 1. The lowest BCUT2D eigenvalue weighted by Crippen LogP contribution is -2.33. The van der Waals surface area contributed by atoms with Crippen LogP contribution in [-0.4, -0.2) is 43.2 Å². The number of aliphatic carboxylic acids is 1. The molecule has 0 fully saturated rings. The molecule has 0 aliphatic carbocycles. The van der Waals surface area contributed by atoms with Crippen LogP contribution in [0.25, 0.3) is 0 Å². The van der Waals surface area contributed by atoms with Crippen LogP contribution < -0.4 is 0 Å². The third kappa shape index (κ3) is 14.3. The zero-order chi connectivity index (χ0) is 11.3. The van der Waals surface area contributed by atoms with Gasteiger partial charge in [0.2, 0.25) is 0 Å². The van der Waals surface area contributed by atoms with Gasteiger partial charge < -0.3 is 9.59 Å². The SMILES string of the molecule is CC(C)(C)C(=O)O.CC[N+](C)(C)C. The van der Waals surface area contributed by atoms with Crippen LogP contribution in [0, 0.1) is 5.41 Å². The maximum atomic E-state index is 10.0. The first-order valence-electron chi connectivity index (χ1n) is 4.54. The average molecular weight is 190 g/mol. The second-order valence-corrected chi connectivity index (χ2v) is 5.16. The van der Waals surface area contributed by atoms with Gasteiger partial charge >= 0.3 is 5.97 Å².